The molecule has 4 heteroatoms. The monoisotopic (exact) mass is 346 g/mol. The maximum atomic E-state index is 4.76. The van der Waals surface area contributed by atoms with E-state index >= 15 is 0 Å². The zero-order valence-electron chi connectivity index (χ0n) is 16.1. The molecule has 0 heterocycles. The van der Waals surface area contributed by atoms with E-state index in [1.807, 2.05) is 13.8 Å². The summed E-state index contributed by atoms with van der Waals surface area (Å²) in [7, 11) is 6.21. The number of anilines is 1. The summed E-state index contributed by atoms with van der Waals surface area (Å²) in [5.41, 5.74) is 4.47. The summed E-state index contributed by atoms with van der Waals surface area (Å²) in [6.45, 7) is 8.37. The van der Waals surface area contributed by atoms with E-state index in [4.69, 9.17) is 4.99 Å². The van der Waals surface area contributed by atoms with Gasteiger partial charge in [0.15, 0.2) is 4.90 Å². The topological polar surface area (TPSA) is 18.8 Å². The number of nitrogens with zero attached hydrogens (tertiary/aromatic N) is 3. The summed E-state index contributed by atoms with van der Waals surface area (Å²) in [5, 5.41) is 0. The third-order valence-electron chi connectivity index (χ3n) is 3.91. The quantitative estimate of drug-likeness (QED) is 0.752. The second-order valence-corrected chi connectivity index (χ2v) is 6.61. The Morgan fingerprint density at radius 3 is 2.21 bits per heavy atom. The molecule has 0 amide bonds. The van der Waals surface area contributed by atoms with Gasteiger partial charge in [0.1, 0.15) is 5.69 Å². The van der Waals surface area contributed by atoms with Gasteiger partial charge in [-0.2, -0.15) is 0 Å². The van der Waals surface area contributed by atoms with Gasteiger partial charge < -0.3 is 9.80 Å². The van der Waals surface area contributed by atoms with Gasteiger partial charge in [0, 0.05) is 56.8 Å². The first-order valence-electron chi connectivity index (χ1n) is 8.60. The SMILES string of the molecule is CC.CC(C)N(C)c1ccc(N=C2C=CC(N(C)C)=CC2)c([SH2+])c1. The van der Waals surface area contributed by atoms with E-state index in [0.717, 1.165) is 22.7 Å². The Bertz CT molecular complexity index is 628. The third-order valence-corrected chi connectivity index (χ3v) is 4.31. The average molecular weight is 347 g/mol. The molecule has 1 aliphatic rings. The van der Waals surface area contributed by atoms with Crippen LogP contribution < -0.4 is 4.90 Å². The molecule has 0 radical (unpaired) electrons. The van der Waals surface area contributed by atoms with Gasteiger partial charge in [-0.3, -0.25) is 0 Å². The van der Waals surface area contributed by atoms with Crippen LogP contribution in [0.15, 0.2) is 52.0 Å². The summed E-state index contributed by atoms with van der Waals surface area (Å²) < 4.78 is 0. The Balaban J connectivity index is 0.00000139. The lowest BCUT2D eigenvalue weighted by molar-refractivity contribution is 0.527. The van der Waals surface area contributed by atoms with Crippen LogP contribution in [0, 0.1) is 0 Å². The molecule has 1 aromatic rings. The van der Waals surface area contributed by atoms with Crippen molar-refractivity contribution in [3.05, 3.63) is 42.1 Å². The van der Waals surface area contributed by atoms with Crippen LogP contribution in [0.2, 0.25) is 0 Å². The fourth-order valence-corrected chi connectivity index (χ4v) is 2.52. The molecule has 0 atom stereocenters. The van der Waals surface area contributed by atoms with Crippen LogP contribution in [0.4, 0.5) is 11.4 Å². The first kappa shape index (κ1) is 20.4. The number of hydrogen-bond acceptors (Lipinski definition) is 3. The highest BCUT2D eigenvalue weighted by atomic mass is 32.1. The zero-order valence-corrected chi connectivity index (χ0v) is 17.1. The minimum Gasteiger partial charge on any atom is -0.378 e. The second-order valence-electron chi connectivity index (χ2n) is 6.07. The van der Waals surface area contributed by atoms with Gasteiger partial charge in [-0.05, 0) is 50.8 Å². The molecule has 24 heavy (non-hydrogen) atoms. The maximum absolute atomic E-state index is 4.76. The number of likely N-dealkylation sites (N-methyl/N-ethyl adjacent to an activating group) is 1. The molecular formula is C20H32N3S+. The van der Waals surface area contributed by atoms with Gasteiger partial charge in [0.2, 0.25) is 0 Å². The molecule has 0 saturated heterocycles. The van der Waals surface area contributed by atoms with E-state index in [-0.39, 0.29) is 0 Å². The van der Waals surface area contributed by atoms with E-state index in [0.29, 0.717) is 6.04 Å². The molecule has 1 aromatic carbocycles. The predicted molar refractivity (Wildman–Crippen MR) is 112 cm³/mol. The van der Waals surface area contributed by atoms with E-state index < -0.39 is 0 Å². The molecule has 0 saturated carbocycles. The van der Waals surface area contributed by atoms with Crippen molar-refractivity contribution in [1.82, 2.24) is 4.90 Å². The first-order chi connectivity index (χ1) is 11.4. The number of allylic oxidation sites excluding steroid dienone is 3. The lowest BCUT2D eigenvalue weighted by Crippen LogP contribution is -2.25. The fourth-order valence-electron chi connectivity index (χ4n) is 2.24. The molecular weight excluding hydrogens is 314 g/mol. The number of benzene rings is 1. The number of hydrogen-bond donors (Lipinski definition) is 0. The molecule has 0 unspecified atom stereocenters. The molecule has 3 nitrogen and oxygen atoms in total. The van der Waals surface area contributed by atoms with E-state index in [2.05, 4.69) is 93.8 Å². The smallest absolute Gasteiger partial charge is 0.178 e. The molecule has 0 fully saturated rings. The van der Waals surface area contributed by atoms with Gasteiger partial charge in [-0.15, -0.1) is 0 Å². The Morgan fingerprint density at radius 2 is 1.75 bits per heavy atom. The Morgan fingerprint density at radius 1 is 1.08 bits per heavy atom. The third kappa shape index (κ3) is 5.45. The van der Waals surface area contributed by atoms with Gasteiger partial charge in [0.05, 0.1) is 0 Å². The van der Waals surface area contributed by atoms with Gasteiger partial charge in [-0.25, -0.2) is 4.99 Å². The fraction of sp³-hybridized carbons (Fsp3) is 0.450. The van der Waals surface area contributed by atoms with Crippen LogP contribution in [-0.2, 0) is 12.6 Å². The van der Waals surface area contributed by atoms with Gasteiger partial charge in [0.25, 0.3) is 0 Å². The van der Waals surface area contributed by atoms with Gasteiger partial charge >= 0.3 is 0 Å². The first-order valence-corrected chi connectivity index (χ1v) is 9.10. The van der Waals surface area contributed by atoms with Crippen molar-refractivity contribution in [3.63, 3.8) is 0 Å². The highest BCUT2D eigenvalue weighted by Crippen LogP contribution is 2.27. The van der Waals surface area contributed by atoms with Crippen molar-refractivity contribution in [2.45, 2.75) is 45.1 Å². The highest BCUT2D eigenvalue weighted by Gasteiger charge is 2.11. The molecule has 0 spiro atoms. The second kappa shape index (κ2) is 9.58. The predicted octanol–water partition coefficient (Wildman–Crippen LogP) is 4.41. The van der Waals surface area contributed by atoms with Crippen LogP contribution in [0.5, 0.6) is 0 Å². The van der Waals surface area contributed by atoms with Crippen molar-refractivity contribution >= 4 is 29.7 Å². The highest BCUT2D eigenvalue weighted by molar-refractivity contribution is 7.59. The summed E-state index contributed by atoms with van der Waals surface area (Å²) in [4.78, 5) is 10.1. The molecule has 2 rings (SSSR count). The Kier molecular flexibility index (Phi) is 8.13. The summed E-state index contributed by atoms with van der Waals surface area (Å²) in [6, 6.07) is 6.79. The van der Waals surface area contributed by atoms with Crippen molar-refractivity contribution in [2.24, 2.45) is 4.99 Å². The molecule has 1 aliphatic carbocycles. The Hall–Kier alpha value is -1.68. The maximum Gasteiger partial charge on any atom is 0.178 e. The zero-order chi connectivity index (χ0) is 18.3. The van der Waals surface area contributed by atoms with Crippen LogP contribution in [0.25, 0.3) is 0 Å². The van der Waals surface area contributed by atoms with Crippen LogP contribution in [0.1, 0.15) is 34.1 Å². The van der Waals surface area contributed by atoms with E-state index in [9.17, 15) is 0 Å². The minimum absolute atomic E-state index is 0.471. The minimum atomic E-state index is 0.471. The molecule has 132 valence electrons. The lowest BCUT2D eigenvalue weighted by atomic mass is 10.1. The molecule has 0 aliphatic heterocycles. The van der Waals surface area contributed by atoms with E-state index in [1.54, 1.807) is 0 Å². The van der Waals surface area contributed by atoms with Crippen molar-refractivity contribution in [2.75, 3.05) is 26.0 Å². The summed E-state index contributed by atoms with van der Waals surface area (Å²) in [6.07, 6.45) is 7.27. The molecule has 0 bridgehead atoms. The summed E-state index contributed by atoms with van der Waals surface area (Å²) in [5.74, 6) is 0. The normalized spacial score (nSPS) is 15.0. The standard InChI is InChI=1S/C18H25N3S.C2H6/c1-13(2)21(5)16-10-11-17(18(22)12-16)19-14-6-8-15(9-7-14)20(3)4;1-2/h6,8-13,22H,7H2,1-5H3;1-2H3/p+1. The van der Waals surface area contributed by atoms with Crippen molar-refractivity contribution in [3.8, 4) is 0 Å². The Labute approximate surface area is 153 Å². The molecule has 0 aromatic heterocycles. The van der Waals surface area contributed by atoms with Crippen LogP contribution >= 0.6 is 0 Å². The molecule has 0 N–H and O–H groups in total. The average Bonchev–Trinajstić information content (AvgIpc) is 2.58. The van der Waals surface area contributed by atoms with Crippen molar-refractivity contribution in [1.29, 1.82) is 0 Å². The van der Waals surface area contributed by atoms with Crippen molar-refractivity contribution < 1.29 is 0 Å². The lowest BCUT2D eigenvalue weighted by Gasteiger charge is -2.23. The number of rotatable bonds is 4. The van der Waals surface area contributed by atoms with Crippen LogP contribution in [0.3, 0.4) is 0 Å². The largest absolute Gasteiger partial charge is 0.378 e. The van der Waals surface area contributed by atoms with E-state index in [1.165, 1.54) is 11.4 Å². The summed E-state index contributed by atoms with van der Waals surface area (Å²) >= 11 is 3.70. The van der Waals surface area contributed by atoms with Gasteiger partial charge in [-0.1, -0.05) is 19.9 Å². The van der Waals surface area contributed by atoms with Crippen LogP contribution in [-0.4, -0.2) is 37.8 Å². The number of aliphatic imine (C=N–C) groups is 1.